The van der Waals surface area contributed by atoms with Crippen molar-refractivity contribution in [2.45, 2.75) is 37.9 Å². The van der Waals surface area contributed by atoms with Gasteiger partial charge in [-0.3, -0.25) is 9.59 Å². The van der Waals surface area contributed by atoms with Crippen LogP contribution < -0.4 is 16.0 Å². The molecule has 41 heavy (non-hydrogen) atoms. The van der Waals surface area contributed by atoms with Crippen LogP contribution in [-0.4, -0.2) is 41.7 Å². The quantitative estimate of drug-likeness (QED) is 0.155. The summed E-state index contributed by atoms with van der Waals surface area (Å²) in [5.41, 5.74) is 10.8. The van der Waals surface area contributed by atoms with Crippen LogP contribution in [0.4, 0.5) is 5.69 Å². The number of carboxylic acids is 1. The molecule has 0 aliphatic carbocycles. The number of aryl methyl sites for hydroxylation is 1. The van der Waals surface area contributed by atoms with Gasteiger partial charge < -0.3 is 25.6 Å². The molecule has 1 amide bonds. The molecule has 10 heteroatoms. The first kappa shape index (κ1) is 28.1. The lowest BCUT2D eigenvalue weighted by Crippen LogP contribution is -2.51. The molecule has 3 aromatic carbocycles. The zero-order valence-corrected chi connectivity index (χ0v) is 23.6. The third-order valence-corrected chi connectivity index (χ3v) is 8.07. The topological polar surface area (TPSA) is 125 Å². The highest BCUT2D eigenvalue weighted by molar-refractivity contribution is 6.34. The molecule has 0 bridgehead atoms. The highest BCUT2D eigenvalue weighted by atomic mass is 35.5. The van der Waals surface area contributed by atoms with Crippen molar-refractivity contribution in [1.82, 2.24) is 9.88 Å². The zero-order chi connectivity index (χ0) is 29.3. The van der Waals surface area contributed by atoms with Crippen molar-refractivity contribution in [3.63, 3.8) is 0 Å². The van der Waals surface area contributed by atoms with Crippen LogP contribution in [0.15, 0.2) is 76.9 Å². The average Bonchev–Trinajstić information content (AvgIpc) is 3.27. The lowest BCUT2D eigenvalue weighted by Gasteiger charge is -2.40. The molecule has 5 rings (SSSR count). The number of aliphatic carboxylic acids is 1. The van der Waals surface area contributed by atoms with Crippen molar-refractivity contribution in [3.8, 4) is 0 Å². The summed E-state index contributed by atoms with van der Waals surface area (Å²) < 4.78 is 2.11. The normalized spacial score (nSPS) is 17.3. The standard InChI is InChI=1S/C31H31ClN6O3/c1-19-9-12-25-23(15-19)27(28(33)30(40)41)26-13-14-31(17-38(25)26,20-7-5-4-6-8-20)36-29(39)22-11-10-21(16-24(22)32)37(3)18-35-34-2/h4-12,15-16,18,28H,2,13-14,17,33H2,1,3H3,(H,36,39)(H,40,41)/b35-18-/t28?,31-/m1/s1. The largest absolute Gasteiger partial charge is 0.480 e. The number of nitrogens with zero attached hydrogens (tertiary/aromatic N) is 4. The molecule has 1 aliphatic rings. The van der Waals surface area contributed by atoms with Crippen LogP contribution >= 0.6 is 11.6 Å². The fraction of sp³-hybridized carbons (Fsp3) is 0.226. The number of nitrogens with one attached hydrogen (secondary N) is 1. The third-order valence-electron chi connectivity index (χ3n) is 7.75. The monoisotopic (exact) mass is 570 g/mol. The first-order chi connectivity index (χ1) is 19.6. The van der Waals surface area contributed by atoms with Crippen LogP contribution in [0.2, 0.25) is 5.02 Å². The maximum Gasteiger partial charge on any atom is 0.325 e. The van der Waals surface area contributed by atoms with E-state index in [1.165, 1.54) is 6.34 Å². The van der Waals surface area contributed by atoms with Crippen LogP contribution in [0.25, 0.3) is 10.9 Å². The molecule has 2 atom stereocenters. The van der Waals surface area contributed by atoms with Gasteiger partial charge in [0.05, 0.1) is 22.7 Å². The van der Waals surface area contributed by atoms with Crippen LogP contribution in [0.3, 0.4) is 0 Å². The Morgan fingerprint density at radius 3 is 2.63 bits per heavy atom. The number of aromatic nitrogens is 1. The van der Waals surface area contributed by atoms with Crippen LogP contribution in [-0.2, 0) is 23.3 Å². The van der Waals surface area contributed by atoms with E-state index in [1.54, 1.807) is 30.1 Å². The number of rotatable bonds is 8. The minimum Gasteiger partial charge on any atom is -0.480 e. The summed E-state index contributed by atoms with van der Waals surface area (Å²) in [6, 6.07) is 19.8. The second kappa shape index (κ2) is 11.2. The van der Waals surface area contributed by atoms with Crippen molar-refractivity contribution >= 4 is 53.1 Å². The summed E-state index contributed by atoms with van der Waals surface area (Å²) >= 11 is 6.61. The Labute approximate surface area is 242 Å². The van der Waals surface area contributed by atoms with E-state index < -0.39 is 17.6 Å². The summed E-state index contributed by atoms with van der Waals surface area (Å²) in [7, 11) is 1.79. The highest BCUT2D eigenvalue weighted by Crippen LogP contribution is 2.41. The molecule has 4 N–H and O–H groups in total. The molecule has 1 unspecified atom stereocenters. The minimum atomic E-state index is -1.16. The van der Waals surface area contributed by atoms with E-state index >= 15 is 0 Å². The number of nitrogens with two attached hydrogens (primary N) is 1. The van der Waals surface area contributed by atoms with Gasteiger partial charge in [0.25, 0.3) is 5.91 Å². The molecule has 9 nitrogen and oxygen atoms in total. The van der Waals surface area contributed by atoms with Gasteiger partial charge in [0.1, 0.15) is 12.4 Å². The van der Waals surface area contributed by atoms with Gasteiger partial charge in [0, 0.05) is 41.6 Å². The molecule has 0 saturated heterocycles. The first-order valence-corrected chi connectivity index (χ1v) is 13.5. The van der Waals surface area contributed by atoms with E-state index in [-0.39, 0.29) is 5.91 Å². The Morgan fingerprint density at radius 1 is 1.20 bits per heavy atom. The van der Waals surface area contributed by atoms with E-state index in [2.05, 4.69) is 26.8 Å². The van der Waals surface area contributed by atoms with Gasteiger partial charge in [-0.2, -0.15) is 5.10 Å². The van der Waals surface area contributed by atoms with Gasteiger partial charge in [-0.05, 0) is 55.7 Å². The number of amides is 1. The van der Waals surface area contributed by atoms with Crippen molar-refractivity contribution < 1.29 is 14.7 Å². The number of hydrogen-bond donors (Lipinski definition) is 3. The molecular formula is C31H31ClN6O3. The molecule has 1 aromatic heterocycles. The van der Waals surface area contributed by atoms with Gasteiger partial charge in [-0.15, -0.1) is 5.10 Å². The maximum atomic E-state index is 13.8. The summed E-state index contributed by atoms with van der Waals surface area (Å²) in [6.07, 6.45) is 2.56. The molecule has 210 valence electrons. The Hall–Kier alpha value is -4.47. The first-order valence-electron chi connectivity index (χ1n) is 13.1. The van der Waals surface area contributed by atoms with E-state index in [4.69, 9.17) is 17.3 Å². The number of carbonyl (C=O) groups is 2. The van der Waals surface area contributed by atoms with Gasteiger partial charge in [-0.1, -0.05) is 53.6 Å². The average molecular weight is 571 g/mol. The van der Waals surface area contributed by atoms with Crippen molar-refractivity contribution in [1.29, 1.82) is 0 Å². The maximum absolute atomic E-state index is 13.8. The Kier molecular flexibility index (Phi) is 7.66. The lowest BCUT2D eigenvalue weighted by atomic mass is 9.81. The molecule has 4 aromatic rings. The number of hydrogen-bond acceptors (Lipinski definition) is 5. The summed E-state index contributed by atoms with van der Waals surface area (Å²) in [5, 5.41) is 21.5. The predicted molar refractivity (Wildman–Crippen MR) is 163 cm³/mol. The molecule has 1 aliphatic heterocycles. The van der Waals surface area contributed by atoms with E-state index in [1.807, 2.05) is 55.5 Å². The number of carboxylic acid groups (broad SMARTS) is 1. The molecule has 2 heterocycles. The van der Waals surface area contributed by atoms with Gasteiger partial charge >= 0.3 is 5.97 Å². The zero-order valence-electron chi connectivity index (χ0n) is 22.8. The smallest absolute Gasteiger partial charge is 0.325 e. The number of carbonyl (C=O) groups excluding carboxylic acids is 1. The number of anilines is 1. The van der Waals surface area contributed by atoms with Crippen LogP contribution in [0.1, 0.15) is 45.2 Å². The van der Waals surface area contributed by atoms with E-state index in [0.29, 0.717) is 35.5 Å². The second-order valence-corrected chi connectivity index (χ2v) is 10.7. The minimum absolute atomic E-state index is 0.295. The Morgan fingerprint density at radius 2 is 1.95 bits per heavy atom. The second-order valence-electron chi connectivity index (χ2n) is 10.3. The summed E-state index contributed by atoms with van der Waals surface area (Å²) in [6.45, 7) is 5.70. The predicted octanol–water partition coefficient (Wildman–Crippen LogP) is 5.04. The van der Waals surface area contributed by atoms with Crippen molar-refractivity contribution in [2.75, 3.05) is 11.9 Å². The Bertz CT molecular complexity index is 1680. The van der Waals surface area contributed by atoms with E-state index in [0.717, 1.165) is 33.4 Å². The molecular weight excluding hydrogens is 540 g/mol. The molecule has 0 radical (unpaired) electrons. The lowest BCUT2D eigenvalue weighted by molar-refractivity contribution is -0.138. The third kappa shape index (κ3) is 5.21. The van der Waals surface area contributed by atoms with Gasteiger partial charge in [0.2, 0.25) is 0 Å². The van der Waals surface area contributed by atoms with E-state index in [9.17, 15) is 14.7 Å². The van der Waals surface area contributed by atoms with Gasteiger partial charge in [-0.25, -0.2) is 0 Å². The SMILES string of the molecule is C=N/N=C\N(C)c1ccc(C(=O)N[C@]2(c3ccccc3)CCc3c(C(N)C(=O)O)c4cc(C)ccc4n3C2)c(Cl)c1. The summed E-state index contributed by atoms with van der Waals surface area (Å²) in [5.74, 6) is -1.39. The molecule has 0 spiro atoms. The van der Waals surface area contributed by atoms with Crippen LogP contribution in [0, 0.1) is 6.92 Å². The van der Waals surface area contributed by atoms with Gasteiger partial charge in [0.15, 0.2) is 0 Å². The summed E-state index contributed by atoms with van der Waals surface area (Å²) in [4.78, 5) is 27.5. The highest BCUT2D eigenvalue weighted by Gasteiger charge is 2.41. The van der Waals surface area contributed by atoms with Crippen molar-refractivity contribution in [3.05, 3.63) is 99.7 Å². The van der Waals surface area contributed by atoms with Crippen LogP contribution in [0.5, 0.6) is 0 Å². The fourth-order valence-corrected chi connectivity index (χ4v) is 5.95. The number of benzene rings is 3. The molecule has 0 saturated carbocycles. The number of halogens is 1. The fourth-order valence-electron chi connectivity index (χ4n) is 5.69. The number of fused-ring (bicyclic) bond motifs is 3. The van der Waals surface area contributed by atoms with Crippen molar-refractivity contribution in [2.24, 2.45) is 15.9 Å². The Balaban J connectivity index is 1.57. The molecule has 0 fully saturated rings.